The molecular weight excluding hydrogens is 403 g/mol. The lowest BCUT2D eigenvalue weighted by Crippen LogP contribution is -2.33. The second-order valence-electron chi connectivity index (χ2n) is 5.78. The predicted octanol–water partition coefficient (Wildman–Crippen LogP) is 1.93. The highest BCUT2D eigenvalue weighted by molar-refractivity contribution is 5.94. The summed E-state index contributed by atoms with van der Waals surface area (Å²) in [7, 11) is 1.65. The van der Waals surface area contributed by atoms with E-state index in [0.29, 0.717) is 31.1 Å². The average Bonchev–Trinajstić information content (AvgIpc) is 3.05. The van der Waals surface area contributed by atoms with Crippen LogP contribution in [0, 0.1) is 6.92 Å². The third-order valence-corrected chi connectivity index (χ3v) is 4.03. The summed E-state index contributed by atoms with van der Waals surface area (Å²) in [5.41, 5.74) is 2.72. The number of nitrogens with zero attached hydrogens (tertiary/aromatic N) is 4. The molecule has 0 radical (unpaired) electrons. The number of hydrogen-bond donors (Lipinski definition) is 2. The number of aromatic nitrogens is 4. The van der Waals surface area contributed by atoms with Crippen LogP contribution in [0.25, 0.3) is 16.6 Å². The van der Waals surface area contributed by atoms with Crippen LogP contribution in [-0.2, 0) is 4.74 Å². The molecule has 3 aromatic rings. The Balaban J connectivity index is 0.00000196. The quantitative estimate of drug-likeness (QED) is 0.534. The van der Waals surface area contributed by atoms with Crippen LogP contribution in [-0.4, -0.2) is 59.2 Å². The Hall–Kier alpha value is -2.26. The molecule has 28 heavy (non-hydrogen) atoms. The fraction of sp³-hybridized carbons (Fsp3) is 0.333. The van der Waals surface area contributed by atoms with E-state index < -0.39 is 0 Å². The maximum atomic E-state index is 12.4. The highest BCUT2D eigenvalue weighted by Crippen LogP contribution is 2.21. The number of pyridine rings is 1. The van der Waals surface area contributed by atoms with Gasteiger partial charge >= 0.3 is 0 Å². The van der Waals surface area contributed by atoms with Crippen molar-refractivity contribution in [3.63, 3.8) is 0 Å². The lowest BCUT2D eigenvalue weighted by atomic mass is 10.2. The molecule has 0 saturated carbocycles. The molecule has 2 N–H and O–H groups in total. The standard InChI is InChI=1S/C18H22N6O2.2ClH/c1-13-17(18(25)21-10-9-19-11-12-26-2)22-23-24(13)16-7-3-6-15-14(16)5-4-8-20-15;;/h3-8,19H,9-12H2,1-2H3,(H,21,25);2*1H. The Morgan fingerprint density at radius 3 is 2.75 bits per heavy atom. The van der Waals surface area contributed by atoms with Gasteiger partial charge in [-0.15, -0.1) is 29.9 Å². The molecule has 10 heteroatoms. The van der Waals surface area contributed by atoms with E-state index in [1.54, 1.807) is 18.0 Å². The van der Waals surface area contributed by atoms with E-state index in [1.807, 2.05) is 37.3 Å². The van der Waals surface area contributed by atoms with Crippen molar-refractivity contribution in [3.05, 3.63) is 47.9 Å². The summed E-state index contributed by atoms with van der Waals surface area (Å²) in [4.78, 5) is 16.7. The molecule has 0 aliphatic rings. The van der Waals surface area contributed by atoms with E-state index in [4.69, 9.17) is 4.74 Å². The summed E-state index contributed by atoms with van der Waals surface area (Å²) >= 11 is 0. The number of fused-ring (bicyclic) bond motifs is 1. The number of nitrogens with one attached hydrogen (secondary N) is 2. The van der Waals surface area contributed by atoms with Crippen molar-refractivity contribution in [2.45, 2.75) is 6.92 Å². The van der Waals surface area contributed by atoms with E-state index in [9.17, 15) is 4.79 Å². The maximum Gasteiger partial charge on any atom is 0.273 e. The van der Waals surface area contributed by atoms with Gasteiger partial charge in [-0.25, -0.2) is 4.68 Å². The molecule has 2 heterocycles. The van der Waals surface area contributed by atoms with Crippen LogP contribution in [0.1, 0.15) is 16.2 Å². The largest absolute Gasteiger partial charge is 0.383 e. The van der Waals surface area contributed by atoms with Gasteiger partial charge in [0.1, 0.15) is 0 Å². The molecule has 0 unspecified atom stereocenters. The van der Waals surface area contributed by atoms with Crippen LogP contribution in [0.5, 0.6) is 0 Å². The molecule has 1 aromatic carbocycles. The van der Waals surface area contributed by atoms with Gasteiger partial charge < -0.3 is 15.4 Å². The number of carbonyl (C=O) groups is 1. The van der Waals surface area contributed by atoms with Crippen LogP contribution in [0.2, 0.25) is 0 Å². The highest BCUT2D eigenvalue weighted by atomic mass is 35.5. The molecule has 0 atom stereocenters. The topological polar surface area (TPSA) is 94.0 Å². The first-order chi connectivity index (χ1) is 12.7. The van der Waals surface area contributed by atoms with Gasteiger partial charge in [-0.05, 0) is 31.2 Å². The zero-order valence-corrected chi connectivity index (χ0v) is 17.3. The predicted molar refractivity (Wildman–Crippen MR) is 113 cm³/mol. The summed E-state index contributed by atoms with van der Waals surface area (Å²) in [6, 6.07) is 9.64. The van der Waals surface area contributed by atoms with Crippen LogP contribution in [0.3, 0.4) is 0 Å². The number of benzene rings is 1. The van der Waals surface area contributed by atoms with Crippen LogP contribution < -0.4 is 10.6 Å². The minimum Gasteiger partial charge on any atom is -0.383 e. The zero-order chi connectivity index (χ0) is 18.4. The van der Waals surface area contributed by atoms with Gasteiger partial charge in [0.2, 0.25) is 0 Å². The lowest BCUT2D eigenvalue weighted by Gasteiger charge is -2.08. The third-order valence-electron chi connectivity index (χ3n) is 4.03. The summed E-state index contributed by atoms with van der Waals surface area (Å²) in [6.45, 7) is 4.39. The minimum atomic E-state index is -0.236. The third kappa shape index (κ3) is 5.39. The van der Waals surface area contributed by atoms with Crippen molar-refractivity contribution < 1.29 is 9.53 Å². The smallest absolute Gasteiger partial charge is 0.273 e. The maximum absolute atomic E-state index is 12.4. The van der Waals surface area contributed by atoms with Gasteiger partial charge in [0, 0.05) is 38.3 Å². The fourth-order valence-electron chi connectivity index (χ4n) is 2.69. The van der Waals surface area contributed by atoms with Crippen LogP contribution in [0.15, 0.2) is 36.5 Å². The van der Waals surface area contributed by atoms with Crippen LogP contribution in [0.4, 0.5) is 0 Å². The van der Waals surface area contributed by atoms with E-state index in [0.717, 1.165) is 23.1 Å². The van der Waals surface area contributed by atoms with E-state index >= 15 is 0 Å². The van der Waals surface area contributed by atoms with Gasteiger partial charge in [-0.2, -0.15) is 0 Å². The van der Waals surface area contributed by atoms with Crippen molar-refractivity contribution in [1.82, 2.24) is 30.6 Å². The molecule has 0 aliphatic carbocycles. The Morgan fingerprint density at radius 2 is 1.96 bits per heavy atom. The normalized spacial score (nSPS) is 10.2. The SMILES string of the molecule is COCCNCCNC(=O)c1nnn(-c2cccc3ncccc23)c1C.Cl.Cl. The van der Waals surface area contributed by atoms with Gasteiger partial charge in [0.15, 0.2) is 5.69 Å². The van der Waals surface area contributed by atoms with E-state index in [2.05, 4.69) is 25.9 Å². The molecule has 0 fully saturated rings. The number of methoxy groups -OCH3 is 1. The molecule has 8 nitrogen and oxygen atoms in total. The summed E-state index contributed by atoms with van der Waals surface area (Å²) in [6.07, 6.45) is 1.75. The molecule has 2 aromatic heterocycles. The second kappa shape index (κ2) is 11.6. The molecule has 152 valence electrons. The lowest BCUT2D eigenvalue weighted by molar-refractivity contribution is 0.0948. The fourth-order valence-corrected chi connectivity index (χ4v) is 2.69. The Morgan fingerprint density at radius 1 is 1.14 bits per heavy atom. The number of hydrogen-bond acceptors (Lipinski definition) is 6. The molecule has 0 bridgehead atoms. The number of carbonyl (C=O) groups excluding carboxylic acids is 1. The highest BCUT2D eigenvalue weighted by Gasteiger charge is 2.18. The number of halogens is 2. The van der Waals surface area contributed by atoms with Crippen molar-refractivity contribution in [3.8, 4) is 5.69 Å². The Bertz CT molecular complexity index is 897. The average molecular weight is 427 g/mol. The van der Waals surface area contributed by atoms with Crippen molar-refractivity contribution in [1.29, 1.82) is 0 Å². The van der Waals surface area contributed by atoms with E-state index in [-0.39, 0.29) is 30.7 Å². The first-order valence-electron chi connectivity index (χ1n) is 8.46. The van der Waals surface area contributed by atoms with Crippen molar-refractivity contribution in [2.75, 3.05) is 33.4 Å². The van der Waals surface area contributed by atoms with Gasteiger partial charge in [-0.1, -0.05) is 11.3 Å². The monoisotopic (exact) mass is 426 g/mol. The second-order valence-corrected chi connectivity index (χ2v) is 5.78. The van der Waals surface area contributed by atoms with Crippen LogP contribution >= 0.6 is 24.8 Å². The first kappa shape index (κ1) is 23.8. The van der Waals surface area contributed by atoms with E-state index in [1.165, 1.54) is 0 Å². The molecule has 1 amide bonds. The summed E-state index contributed by atoms with van der Waals surface area (Å²) in [5, 5.41) is 15.2. The van der Waals surface area contributed by atoms with Gasteiger partial charge in [0.05, 0.1) is 23.5 Å². The molecule has 0 aliphatic heterocycles. The molecular formula is C18H24Cl2N6O2. The molecule has 0 saturated heterocycles. The minimum absolute atomic E-state index is 0. The van der Waals surface area contributed by atoms with Crippen molar-refractivity contribution in [2.24, 2.45) is 0 Å². The first-order valence-corrected chi connectivity index (χ1v) is 8.46. The number of rotatable bonds is 8. The Kier molecular flexibility index (Phi) is 9.81. The zero-order valence-electron chi connectivity index (χ0n) is 15.7. The summed E-state index contributed by atoms with van der Waals surface area (Å²) < 4.78 is 6.63. The Labute approximate surface area is 175 Å². The van der Waals surface area contributed by atoms with Gasteiger partial charge in [0.25, 0.3) is 5.91 Å². The number of amides is 1. The molecule has 3 rings (SSSR count). The number of ether oxygens (including phenoxy) is 1. The summed E-state index contributed by atoms with van der Waals surface area (Å²) in [5.74, 6) is -0.236. The molecule has 0 spiro atoms. The van der Waals surface area contributed by atoms with Crippen molar-refractivity contribution >= 4 is 41.6 Å². The van der Waals surface area contributed by atoms with Gasteiger partial charge in [-0.3, -0.25) is 9.78 Å².